The summed E-state index contributed by atoms with van der Waals surface area (Å²) >= 11 is 0.828. The van der Waals surface area contributed by atoms with Gasteiger partial charge >= 0.3 is 5.97 Å². The molecule has 8 heteroatoms. The first-order chi connectivity index (χ1) is 7.25. The molecule has 0 saturated heterocycles. The number of aryl methyl sites for hydroxylation is 1. The number of aromatic carboxylic acids is 1. The lowest BCUT2D eigenvalue weighted by molar-refractivity contribution is 0.0697. The van der Waals surface area contributed by atoms with E-state index in [1.54, 1.807) is 0 Å². The lowest BCUT2D eigenvalue weighted by atomic mass is 10.2. The van der Waals surface area contributed by atoms with E-state index in [0.717, 1.165) is 11.5 Å². The predicted octanol–water partition coefficient (Wildman–Crippen LogP) is 1.30. The normalized spacial score (nSPS) is 11.8. The molecule has 0 saturated carbocycles. The van der Waals surface area contributed by atoms with Crippen molar-refractivity contribution in [2.45, 2.75) is 26.0 Å². The van der Waals surface area contributed by atoms with Gasteiger partial charge in [0, 0.05) is 0 Å². The number of carboxylic acids is 1. The molecule has 1 heterocycles. The Morgan fingerprint density at radius 1 is 1.50 bits per heavy atom. The number of anilines is 1. The van der Waals surface area contributed by atoms with E-state index >= 15 is 0 Å². The van der Waals surface area contributed by atoms with Crippen LogP contribution in [0.25, 0.3) is 0 Å². The lowest BCUT2D eigenvalue weighted by Gasteiger charge is -2.09. The van der Waals surface area contributed by atoms with Gasteiger partial charge in [0.1, 0.15) is 10.6 Å². The van der Waals surface area contributed by atoms with E-state index < -0.39 is 21.2 Å². The third kappa shape index (κ3) is 2.50. The van der Waals surface area contributed by atoms with Crippen molar-refractivity contribution < 1.29 is 18.3 Å². The number of hydrogen-bond donors (Lipinski definition) is 2. The van der Waals surface area contributed by atoms with Crippen LogP contribution < -0.4 is 4.72 Å². The molecule has 6 nitrogen and oxygen atoms in total. The third-order valence-corrected chi connectivity index (χ3v) is 4.65. The summed E-state index contributed by atoms with van der Waals surface area (Å²) in [6.07, 6.45) is 0. The van der Waals surface area contributed by atoms with Gasteiger partial charge in [-0.2, -0.15) is 4.37 Å². The standard InChI is InChI=1S/C8H12N2O4S2/c1-4(2)16(13,14)10-7-6(8(11)12)5(3)9-15-7/h4,10H,1-3H3,(H,11,12). The van der Waals surface area contributed by atoms with Crippen molar-refractivity contribution in [3.63, 3.8) is 0 Å². The van der Waals surface area contributed by atoms with Crippen LogP contribution in [-0.4, -0.2) is 29.1 Å². The van der Waals surface area contributed by atoms with Crippen LogP contribution in [0.1, 0.15) is 29.9 Å². The molecule has 0 aliphatic rings. The van der Waals surface area contributed by atoms with Gasteiger partial charge in [-0.3, -0.25) is 4.72 Å². The van der Waals surface area contributed by atoms with Crippen molar-refractivity contribution in [2.24, 2.45) is 0 Å². The lowest BCUT2D eigenvalue weighted by Crippen LogP contribution is -2.23. The number of carboxylic acid groups (broad SMARTS) is 1. The molecule has 0 unspecified atom stereocenters. The Balaban J connectivity index is 3.13. The van der Waals surface area contributed by atoms with Gasteiger partial charge < -0.3 is 5.11 Å². The summed E-state index contributed by atoms with van der Waals surface area (Å²) in [6, 6.07) is 0. The van der Waals surface area contributed by atoms with Crippen molar-refractivity contribution in [3.8, 4) is 0 Å². The van der Waals surface area contributed by atoms with E-state index in [9.17, 15) is 13.2 Å². The minimum atomic E-state index is -3.54. The molecular formula is C8H12N2O4S2. The molecular weight excluding hydrogens is 252 g/mol. The van der Waals surface area contributed by atoms with Crippen molar-refractivity contribution in [2.75, 3.05) is 4.72 Å². The molecule has 90 valence electrons. The maximum atomic E-state index is 11.6. The third-order valence-electron chi connectivity index (χ3n) is 1.93. The second-order valence-corrected chi connectivity index (χ2v) is 6.48. The molecule has 0 amide bonds. The second kappa shape index (κ2) is 4.38. The molecule has 0 fully saturated rings. The minimum absolute atomic E-state index is 0.0544. The highest BCUT2D eigenvalue weighted by molar-refractivity contribution is 7.93. The fourth-order valence-electron chi connectivity index (χ4n) is 0.938. The Kier molecular flexibility index (Phi) is 3.54. The molecule has 0 atom stereocenters. The Morgan fingerprint density at radius 2 is 2.06 bits per heavy atom. The number of rotatable bonds is 4. The number of nitrogens with one attached hydrogen (secondary N) is 1. The first-order valence-electron chi connectivity index (χ1n) is 4.47. The smallest absolute Gasteiger partial charge is 0.340 e. The molecule has 2 N–H and O–H groups in total. The molecule has 0 aromatic carbocycles. The summed E-state index contributed by atoms with van der Waals surface area (Å²) in [4.78, 5) is 10.9. The number of aromatic nitrogens is 1. The molecule has 0 aliphatic heterocycles. The average Bonchev–Trinajstić information content (AvgIpc) is 2.45. The molecule has 16 heavy (non-hydrogen) atoms. The van der Waals surface area contributed by atoms with E-state index in [4.69, 9.17) is 5.11 Å². The van der Waals surface area contributed by atoms with Crippen LogP contribution in [0, 0.1) is 6.92 Å². The zero-order valence-corrected chi connectivity index (χ0v) is 10.6. The molecule has 0 spiro atoms. The topological polar surface area (TPSA) is 96.4 Å². The van der Waals surface area contributed by atoms with Crippen molar-refractivity contribution >= 4 is 32.5 Å². The van der Waals surface area contributed by atoms with Gasteiger partial charge in [-0.15, -0.1) is 0 Å². The van der Waals surface area contributed by atoms with Crippen LogP contribution in [0.15, 0.2) is 0 Å². The highest BCUT2D eigenvalue weighted by Gasteiger charge is 2.23. The molecule has 0 bridgehead atoms. The highest BCUT2D eigenvalue weighted by atomic mass is 32.2. The summed E-state index contributed by atoms with van der Waals surface area (Å²) in [6.45, 7) is 4.54. The fourth-order valence-corrected chi connectivity index (χ4v) is 2.68. The molecule has 1 rings (SSSR count). The van der Waals surface area contributed by atoms with Crippen molar-refractivity contribution in [1.82, 2.24) is 4.37 Å². The second-order valence-electron chi connectivity index (χ2n) is 3.47. The number of carbonyl (C=O) groups is 1. The summed E-state index contributed by atoms with van der Waals surface area (Å²) in [7, 11) is -3.54. The van der Waals surface area contributed by atoms with Gasteiger partial charge in [-0.25, -0.2) is 13.2 Å². The number of sulfonamides is 1. The fraction of sp³-hybridized carbons (Fsp3) is 0.500. The van der Waals surface area contributed by atoms with E-state index in [1.807, 2.05) is 0 Å². The van der Waals surface area contributed by atoms with Gasteiger partial charge in [-0.05, 0) is 32.3 Å². The zero-order chi connectivity index (χ0) is 12.5. The van der Waals surface area contributed by atoms with Gasteiger partial charge in [0.05, 0.1) is 10.9 Å². The first-order valence-corrected chi connectivity index (χ1v) is 6.79. The Bertz CT molecular complexity index is 504. The van der Waals surface area contributed by atoms with Crippen LogP contribution in [-0.2, 0) is 10.0 Å². The van der Waals surface area contributed by atoms with Gasteiger partial charge in [0.15, 0.2) is 0 Å². The SMILES string of the molecule is Cc1nsc(NS(=O)(=O)C(C)C)c1C(=O)O. The Hall–Kier alpha value is -1.15. The van der Waals surface area contributed by atoms with Crippen molar-refractivity contribution in [3.05, 3.63) is 11.3 Å². The van der Waals surface area contributed by atoms with Gasteiger partial charge in [-0.1, -0.05) is 0 Å². The largest absolute Gasteiger partial charge is 0.478 e. The monoisotopic (exact) mass is 264 g/mol. The quantitative estimate of drug-likeness (QED) is 0.854. The van der Waals surface area contributed by atoms with E-state index in [0.29, 0.717) is 5.69 Å². The summed E-state index contributed by atoms with van der Waals surface area (Å²) < 4.78 is 29.2. The predicted molar refractivity (Wildman–Crippen MR) is 61.5 cm³/mol. The van der Waals surface area contributed by atoms with Crippen LogP contribution in [0.4, 0.5) is 5.00 Å². The van der Waals surface area contributed by atoms with E-state index in [-0.39, 0.29) is 10.6 Å². The van der Waals surface area contributed by atoms with Gasteiger partial charge in [0.2, 0.25) is 10.0 Å². The maximum absolute atomic E-state index is 11.6. The minimum Gasteiger partial charge on any atom is -0.478 e. The van der Waals surface area contributed by atoms with Crippen LogP contribution >= 0.6 is 11.5 Å². The molecule has 0 radical (unpaired) electrons. The van der Waals surface area contributed by atoms with E-state index in [2.05, 4.69) is 9.10 Å². The number of nitrogens with zero attached hydrogens (tertiary/aromatic N) is 1. The molecule has 0 aliphatic carbocycles. The summed E-state index contributed by atoms with van der Waals surface area (Å²) in [5, 5.41) is 8.33. The Morgan fingerprint density at radius 3 is 2.50 bits per heavy atom. The van der Waals surface area contributed by atoms with Crippen LogP contribution in [0.5, 0.6) is 0 Å². The summed E-state index contributed by atoms with van der Waals surface area (Å²) in [5.74, 6) is -1.19. The molecule has 1 aromatic heterocycles. The highest BCUT2D eigenvalue weighted by Crippen LogP contribution is 2.26. The average molecular weight is 264 g/mol. The number of hydrogen-bond acceptors (Lipinski definition) is 5. The van der Waals surface area contributed by atoms with Crippen LogP contribution in [0.2, 0.25) is 0 Å². The van der Waals surface area contributed by atoms with Crippen LogP contribution in [0.3, 0.4) is 0 Å². The Labute approximate surface area is 97.5 Å². The molecule has 1 aromatic rings. The zero-order valence-electron chi connectivity index (χ0n) is 9.01. The summed E-state index contributed by atoms with van der Waals surface area (Å²) in [5.41, 5.74) is 0.216. The maximum Gasteiger partial charge on any atom is 0.340 e. The van der Waals surface area contributed by atoms with Gasteiger partial charge in [0.25, 0.3) is 0 Å². The van der Waals surface area contributed by atoms with E-state index in [1.165, 1.54) is 20.8 Å². The van der Waals surface area contributed by atoms with Crippen molar-refractivity contribution in [1.29, 1.82) is 0 Å². The first kappa shape index (κ1) is 12.9.